The van der Waals surface area contributed by atoms with E-state index in [0.717, 1.165) is 48.8 Å². The first-order valence-corrected chi connectivity index (χ1v) is 9.38. The standard InChI is InChI=1S/C19H26ClN5O/c1-14(26)5-6-21-18-11-19(20)23-13-16(18)17-4-3-15(12-22-17)25-9-7-24(2)8-10-25/h3-4,11-14,26H,5-10H2,1-2H3,(H,21,23)/t14-/m1/s1. The number of aromatic nitrogens is 2. The normalized spacial score (nSPS) is 16.5. The van der Waals surface area contributed by atoms with Gasteiger partial charge in [0.05, 0.1) is 23.7 Å². The number of hydrogen-bond donors (Lipinski definition) is 2. The first-order valence-electron chi connectivity index (χ1n) is 9.00. The van der Waals surface area contributed by atoms with Crippen LogP contribution in [0.2, 0.25) is 5.15 Å². The molecule has 0 spiro atoms. The molecular weight excluding hydrogens is 350 g/mol. The van der Waals surface area contributed by atoms with Crippen LogP contribution in [0.3, 0.4) is 0 Å². The van der Waals surface area contributed by atoms with E-state index in [-0.39, 0.29) is 6.10 Å². The van der Waals surface area contributed by atoms with Crippen molar-refractivity contribution in [3.05, 3.63) is 35.7 Å². The van der Waals surface area contributed by atoms with Crippen LogP contribution in [-0.4, -0.2) is 65.8 Å². The third-order valence-corrected chi connectivity index (χ3v) is 4.85. The van der Waals surface area contributed by atoms with Crippen LogP contribution in [0, 0.1) is 0 Å². The molecule has 2 aromatic rings. The van der Waals surface area contributed by atoms with Crippen LogP contribution in [0.5, 0.6) is 0 Å². The van der Waals surface area contributed by atoms with Gasteiger partial charge in [0.15, 0.2) is 0 Å². The second-order valence-corrected chi connectivity index (χ2v) is 7.20. The van der Waals surface area contributed by atoms with Crippen molar-refractivity contribution >= 4 is 23.0 Å². The van der Waals surface area contributed by atoms with Gasteiger partial charge in [-0.1, -0.05) is 11.6 Å². The zero-order valence-corrected chi connectivity index (χ0v) is 16.1. The van der Waals surface area contributed by atoms with Gasteiger partial charge in [0.25, 0.3) is 0 Å². The Morgan fingerprint density at radius 1 is 1.19 bits per heavy atom. The number of pyridine rings is 2. The molecule has 0 saturated carbocycles. The van der Waals surface area contributed by atoms with E-state index in [9.17, 15) is 5.11 Å². The van der Waals surface area contributed by atoms with Crippen molar-refractivity contribution in [2.45, 2.75) is 19.4 Å². The SMILES string of the molecule is C[C@@H](O)CCNc1cc(Cl)ncc1-c1ccc(N2CCN(C)CC2)cn1. The minimum atomic E-state index is -0.343. The molecule has 0 radical (unpaired) electrons. The van der Waals surface area contributed by atoms with Crippen LogP contribution in [0.4, 0.5) is 11.4 Å². The average Bonchev–Trinajstić information content (AvgIpc) is 2.62. The summed E-state index contributed by atoms with van der Waals surface area (Å²) >= 11 is 6.05. The molecule has 1 saturated heterocycles. The number of nitrogens with one attached hydrogen (secondary N) is 1. The first-order chi connectivity index (χ1) is 12.5. The lowest BCUT2D eigenvalue weighted by molar-refractivity contribution is 0.189. The number of hydrogen-bond acceptors (Lipinski definition) is 6. The van der Waals surface area contributed by atoms with Gasteiger partial charge in [-0.25, -0.2) is 4.98 Å². The van der Waals surface area contributed by atoms with E-state index in [1.807, 2.05) is 12.3 Å². The quantitative estimate of drug-likeness (QED) is 0.757. The summed E-state index contributed by atoms with van der Waals surface area (Å²) in [4.78, 5) is 13.5. The topological polar surface area (TPSA) is 64.5 Å². The number of rotatable bonds is 6. The van der Waals surface area contributed by atoms with E-state index in [1.165, 1.54) is 0 Å². The van der Waals surface area contributed by atoms with Gasteiger partial charge in [0.2, 0.25) is 0 Å². The van der Waals surface area contributed by atoms with Crippen molar-refractivity contribution in [3.8, 4) is 11.3 Å². The highest BCUT2D eigenvalue weighted by atomic mass is 35.5. The molecule has 1 atom stereocenters. The summed E-state index contributed by atoms with van der Waals surface area (Å²) in [5, 5.41) is 13.2. The summed E-state index contributed by atoms with van der Waals surface area (Å²) in [5.74, 6) is 0. The van der Waals surface area contributed by atoms with Gasteiger partial charge in [0, 0.05) is 50.2 Å². The van der Waals surface area contributed by atoms with E-state index in [2.05, 4.69) is 38.2 Å². The van der Waals surface area contributed by atoms with E-state index in [1.54, 1.807) is 19.2 Å². The summed E-state index contributed by atoms with van der Waals surface area (Å²) in [6.45, 7) is 6.61. The molecule has 7 heteroatoms. The third-order valence-electron chi connectivity index (χ3n) is 4.64. The first kappa shape index (κ1) is 18.9. The molecule has 0 aromatic carbocycles. The minimum absolute atomic E-state index is 0.343. The van der Waals surface area contributed by atoms with Crippen LogP contribution >= 0.6 is 11.6 Å². The van der Waals surface area contributed by atoms with Crippen molar-refractivity contribution in [1.82, 2.24) is 14.9 Å². The summed E-state index contributed by atoms with van der Waals surface area (Å²) in [6, 6.07) is 5.94. The lowest BCUT2D eigenvalue weighted by Gasteiger charge is -2.33. The number of piperazine rings is 1. The van der Waals surface area contributed by atoms with Crippen molar-refractivity contribution in [2.24, 2.45) is 0 Å². The molecule has 3 heterocycles. The Hall–Kier alpha value is -1.89. The Morgan fingerprint density at radius 3 is 2.62 bits per heavy atom. The summed E-state index contributed by atoms with van der Waals surface area (Å²) < 4.78 is 0. The molecule has 1 fully saturated rings. The Morgan fingerprint density at radius 2 is 1.96 bits per heavy atom. The highest BCUT2D eigenvalue weighted by Crippen LogP contribution is 2.29. The fourth-order valence-electron chi connectivity index (χ4n) is 2.99. The highest BCUT2D eigenvalue weighted by Gasteiger charge is 2.15. The average molecular weight is 376 g/mol. The van der Waals surface area contributed by atoms with E-state index < -0.39 is 0 Å². The molecular formula is C19H26ClN5O. The number of likely N-dealkylation sites (N-methyl/N-ethyl adjacent to an activating group) is 1. The van der Waals surface area contributed by atoms with E-state index in [4.69, 9.17) is 11.6 Å². The number of anilines is 2. The second-order valence-electron chi connectivity index (χ2n) is 6.81. The molecule has 2 N–H and O–H groups in total. The predicted molar refractivity (Wildman–Crippen MR) is 107 cm³/mol. The van der Waals surface area contributed by atoms with Crippen LogP contribution in [0.1, 0.15) is 13.3 Å². The zero-order chi connectivity index (χ0) is 18.5. The van der Waals surface area contributed by atoms with Gasteiger partial charge in [-0.2, -0.15) is 0 Å². The van der Waals surface area contributed by atoms with Gasteiger partial charge >= 0.3 is 0 Å². The molecule has 0 bridgehead atoms. The molecule has 0 unspecified atom stereocenters. The maximum atomic E-state index is 9.44. The monoisotopic (exact) mass is 375 g/mol. The van der Waals surface area contributed by atoms with Gasteiger partial charge < -0.3 is 20.2 Å². The largest absolute Gasteiger partial charge is 0.393 e. The van der Waals surface area contributed by atoms with Crippen molar-refractivity contribution in [2.75, 3.05) is 50.0 Å². The van der Waals surface area contributed by atoms with E-state index in [0.29, 0.717) is 18.1 Å². The van der Waals surface area contributed by atoms with Gasteiger partial charge in [0.1, 0.15) is 5.15 Å². The molecule has 6 nitrogen and oxygen atoms in total. The number of aliphatic hydroxyl groups is 1. The maximum absolute atomic E-state index is 9.44. The Bertz CT molecular complexity index is 714. The fourth-order valence-corrected chi connectivity index (χ4v) is 3.15. The molecule has 0 amide bonds. The fraction of sp³-hybridized carbons (Fsp3) is 0.474. The van der Waals surface area contributed by atoms with Crippen LogP contribution < -0.4 is 10.2 Å². The summed E-state index contributed by atoms with van der Waals surface area (Å²) in [6.07, 6.45) is 3.98. The second kappa shape index (κ2) is 8.66. The van der Waals surface area contributed by atoms with E-state index >= 15 is 0 Å². The van der Waals surface area contributed by atoms with Gasteiger partial charge in [-0.05, 0) is 38.6 Å². The van der Waals surface area contributed by atoms with Crippen LogP contribution in [0.15, 0.2) is 30.6 Å². The smallest absolute Gasteiger partial charge is 0.131 e. The molecule has 1 aliphatic rings. The number of aliphatic hydroxyl groups excluding tert-OH is 1. The third kappa shape index (κ3) is 4.84. The maximum Gasteiger partial charge on any atom is 0.131 e. The van der Waals surface area contributed by atoms with Crippen molar-refractivity contribution in [3.63, 3.8) is 0 Å². The molecule has 140 valence electrons. The number of halogens is 1. The van der Waals surface area contributed by atoms with Crippen molar-refractivity contribution < 1.29 is 5.11 Å². The minimum Gasteiger partial charge on any atom is -0.393 e. The van der Waals surface area contributed by atoms with Crippen LogP contribution in [-0.2, 0) is 0 Å². The Balaban J connectivity index is 1.76. The van der Waals surface area contributed by atoms with Gasteiger partial charge in [-0.3, -0.25) is 4.98 Å². The van der Waals surface area contributed by atoms with Crippen LogP contribution in [0.25, 0.3) is 11.3 Å². The lowest BCUT2D eigenvalue weighted by Crippen LogP contribution is -2.44. The predicted octanol–water partition coefficient (Wildman–Crippen LogP) is 2.73. The lowest BCUT2D eigenvalue weighted by atomic mass is 10.1. The Labute approximate surface area is 159 Å². The highest BCUT2D eigenvalue weighted by molar-refractivity contribution is 6.29. The summed E-state index contributed by atoms with van der Waals surface area (Å²) in [5.41, 5.74) is 3.79. The zero-order valence-electron chi connectivity index (χ0n) is 15.3. The molecule has 0 aliphatic carbocycles. The summed E-state index contributed by atoms with van der Waals surface area (Å²) in [7, 11) is 2.15. The Kier molecular flexibility index (Phi) is 6.29. The molecule has 26 heavy (non-hydrogen) atoms. The molecule has 3 rings (SSSR count). The molecule has 1 aliphatic heterocycles. The number of nitrogens with zero attached hydrogens (tertiary/aromatic N) is 4. The van der Waals surface area contributed by atoms with Gasteiger partial charge in [-0.15, -0.1) is 0 Å². The molecule has 2 aromatic heterocycles. The van der Waals surface area contributed by atoms with Crippen molar-refractivity contribution in [1.29, 1.82) is 0 Å².